The number of hydrogen-bond acceptors (Lipinski definition) is 4. The second kappa shape index (κ2) is 9.85. The molecule has 156 valence electrons. The third-order valence-electron chi connectivity index (χ3n) is 5.57. The van der Waals surface area contributed by atoms with Crippen LogP contribution in [0.2, 0.25) is 0 Å². The maximum absolute atomic E-state index is 13.1. The number of amides is 1. The fourth-order valence-electron chi connectivity index (χ4n) is 3.95. The summed E-state index contributed by atoms with van der Waals surface area (Å²) < 4.78 is 5.64. The van der Waals surface area contributed by atoms with Crippen LogP contribution in [-0.2, 0) is 11.3 Å². The Balaban J connectivity index is 1.25. The van der Waals surface area contributed by atoms with Crippen LogP contribution in [0.5, 0.6) is 0 Å². The highest BCUT2D eigenvalue weighted by molar-refractivity contribution is 6.07. The highest BCUT2D eigenvalue weighted by atomic mass is 16.5. The molecule has 5 nitrogen and oxygen atoms in total. The molecule has 1 amide bonds. The molecule has 1 aliphatic heterocycles. The van der Waals surface area contributed by atoms with Crippen LogP contribution in [0.1, 0.15) is 15.9 Å². The highest BCUT2D eigenvalue weighted by Crippen LogP contribution is 2.20. The van der Waals surface area contributed by atoms with Crippen molar-refractivity contribution in [1.82, 2.24) is 9.80 Å². The molecule has 5 heteroatoms. The molecule has 3 aromatic rings. The maximum Gasteiger partial charge on any atom is 0.254 e. The Morgan fingerprint density at radius 1 is 0.900 bits per heavy atom. The smallest absolute Gasteiger partial charge is 0.254 e. The summed E-state index contributed by atoms with van der Waals surface area (Å²) >= 11 is 0. The molecule has 0 bridgehead atoms. The number of fused-ring (bicyclic) bond motifs is 1. The number of aliphatic hydroxyl groups is 1. The van der Waals surface area contributed by atoms with Crippen molar-refractivity contribution in [3.05, 3.63) is 83.9 Å². The zero-order valence-electron chi connectivity index (χ0n) is 17.1. The zero-order valence-corrected chi connectivity index (χ0v) is 17.1. The van der Waals surface area contributed by atoms with Crippen molar-refractivity contribution in [1.29, 1.82) is 0 Å². The minimum absolute atomic E-state index is 0.0817. The van der Waals surface area contributed by atoms with Gasteiger partial charge in [0.05, 0.1) is 19.3 Å². The molecule has 0 spiro atoms. The average Bonchev–Trinajstić information content (AvgIpc) is 2.79. The summed E-state index contributed by atoms with van der Waals surface area (Å²) in [5.74, 6) is 0.0817. The van der Waals surface area contributed by atoms with E-state index in [2.05, 4.69) is 4.90 Å². The molecule has 1 heterocycles. The lowest BCUT2D eigenvalue weighted by Gasteiger charge is -2.35. The lowest BCUT2D eigenvalue weighted by atomic mass is 10.0. The van der Waals surface area contributed by atoms with Crippen LogP contribution in [0, 0.1) is 0 Å². The Labute approximate surface area is 177 Å². The average molecular weight is 405 g/mol. The molecular formula is C25H28N2O3. The van der Waals surface area contributed by atoms with E-state index in [1.807, 2.05) is 77.7 Å². The first kappa shape index (κ1) is 20.5. The molecule has 0 aromatic heterocycles. The number of carbonyl (C=O) groups is 1. The number of carbonyl (C=O) groups excluding carboxylic acids is 1. The Hall–Kier alpha value is -2.73. The van der Waals surface area contributed by atoms with Crippen LogP contribution in [0.3, 0.4) is 0 Å². The van der Waals surface area contributed by atoms with Crippen LogP contribution in [0.4, 0.5) is 0 Å². The lowest BCUT2D eigenvalue weighted by molar-refractivity contribution is 0.00207. The van der Waals surface area contributed by atoms with Crippen molar-refractivity contribution in [3.63, 3.8) is 0 Å². The summed E-state index contributed by atoms with van der Waals surface area (Å²) in [6, 6.07) is 23.8. The predicted molar refractivity (Wildman–Crippen MR) is 118 cm³/mol. The third-order valence-corrected chi connectivity index (χ3v) is 5.57. The highest BCUT2D eigenvalue weighted by Gasteiger charge is 2.24. The molecule has 0 saturated carbocycles. The van der Waals surface area contributed by atoms with E-state index in [1.165, 1.54) is 0 Å². The SMILES string of the molecule is O=C(c1cccc2ccccc12)N1CCN(C[C@@H](O)COCc2ccccc2)CC1. The standard InChI is InChI=1S/C25H28N2O3/c28-22(19-30-18-20-7-2-1-3-8-20)17-26-13-15-27(16-14-26)25(29)24-12-6-10-21-9-4-5-11-23(21)24/h1-12,22,28H,13-19H2/t22-/m1/s1. The monoisotopic (exact) mass is 404 g/mol. The lowest BCUT2D eigenvalue weighted by Crippen LogP contribution is -2.50. The van der Waals surface area contributed by atoms with Crippen LogP contribution < -0.4 is 0 Å². The number of piperazine rings is 1. The van der Waals surface area contributed by atoms with E-state index in [-0.39, 0.29) is 5.91 Å². The Bertz CT molecular complexity index is 963. The number of aliphatic hydroxyl groups excluding tert-OH is 1. The molecule has 4 rings (SSSR count). The number of hydrogen-bond donors (Lipinski definition) is 1. The van der Waals surface area contributed by atoms with Gasteiger partial charge in [0.1, 0.15) is 0 Å². The molecule has 1 saturated heterocycles. The van der Waals surface area contributed by atoms with E-state index < -0.39 is 6.10 Å². The molecule has 1 atom stereocenters. The zero-order chi connectivity index (χ0) is 20.8. The molecule has 1 N–H and O–H groups in total. The summed E-state index contributed by atoms with van der Waals surface area (Å²) in [5.41, 5.74) is 1.86. The van der Waals surface area contributed by atoms with Crippen molar-refractivity contribution in [2.75, 3.05) is 39.3 Å². The van der Waals surface area contributed by atoms with Gasteiger partial charge in [-0.3, -0.25) is 9.69 Å². The van der Waals surface area contributed by atoms with E-state index >= 15 is 0 Å². The van der Waals surface area contributed by atoms with E-state index in [1.54, 1.807) is 0 Å². The van der Waals surface area contributed by atoms with Gasteiger partial charge in [-0.2, -0.15) is 0 Å². The van der Waals surface area contributed by atoms with Crippen molar-refractivity contribution >= 4 is 16.7 Å². The van der Waals surface area contributed by atoms with Crippen molar-refractivity contribution in [2.45, 2.75) is 12.7 Å². The van der Waals surface area contributed by atoms with Gasteiger partial charge in [-0.1, -0.05) is 66.7 Å². The number of nitrogens with zero attached hydrogens (tertiary/aromatic N) is 2. The van der Waals surface area contributed by atoms with Crippen molar-refractivity contribution in [2.24, 2.45) is 0 Å². The quantitative estimate of drug-likeness (QED) is 0.657. The van der Waals surface area contributed by atoms with Crippen molar-refractivity contribution < 1.29 is 14.6 Å². The predicted octanol–water partition coefficient (Wildman–Crippen LogP) is 3.18. The molecule has 1 fully saturated rings. The minimum Gasteiger partial charge on any atom is -0.389 e. The van der Waals surface area contributed by atoms with Gasteiger partial charge >= 0.3 is 0 Å². The summed E-state index contributed by atoms with van der Waals surface area (Å²) in [6.07, 6.45) is -0.533. The second-order valence-corrected chi connectivity index (χ2v) is 7.77. The van der Waals surface area contributed by atoms with Gasteiger partial charge in [0, 0.05) is 38.3 Å². The van der Waals surface area contributed by atoms with Gasteiger partial charge < -0.3 is 14.7 Å². The van der Waals surface area contributed by atoms with E-state index in [0.717, 1.165) is 35.0 Å². The first-order chi connectivity index (χ1) is 14.7. The van der Waals surface area contributed by atoms with Gasteiger partial charge in [-0.15, -0.1) is 0 Å². The van der Waals surface area contributed by atoms with Crippen molar-refractivity contribution in [3.8, 4) is 0 Å². The Morgan fingerprint density at radius 3 is 2.40 bits per heavy atom. The normalized spacial score (nSPS) is 16.0. The number of rotatable bonds is 7. The van der Waals surface area contributed by atoms with E-state index in [9.17, 15) is 9.90 Å². The number of benzene rings is 3. The molecule has 0 aliphatic carbocycles. The van der Waals surface area contributed by atoms with E-state index in [4.69, 9.17) is 4.74 Å². The third kappa shape index (κ3) is 5.05. The van der Waals surface area contributed by atoms with Gasteiger partial charge in [0.25, 0.3) is 5.91 Å². The molecule has 30 heavy (non-hydrogen) atoms. The Morgan fingerprint density at radius 2 is 1.60 bits per heavy atom. The summed E-state index contributed by atoms with van der Waals surface area (Å²) in [7, 11) is 0. The number of β-amino-alcohol motifs (C(OH)–C–C–N with tert-alkyl or cyclic N) is 1. The maximum atomic E-state index is 13.1. The first-order valence-electron chi connectivity index (χ1n) is 10.5. The number of ether oxygens (including phenoxy) is 1. The molecule has 3 aromatic carbocycles. The molecule has 0 unspecified atom stereocenters. The van der Waals surface area contributed by atoms with Crippen LogP contribution in [0.15, 0.2) is 72.8 Å². The first-order valence-corrected chi connectivity index (χ1v) is 10.5. The van der Waals surface area contributed by atoms with E-state index in [0.29, 0.717) is 32.8 Å². The van der Waals surface area contributed by atoms with Gasteiger partial charge in [-0.25, -0.2) is 0 Å². The fraction of sp³-hybridized carbons (Fsp3) is 0.320. The van der Waals surface area contributed by atoms with Gasteiger partial charge in [0.15, 0.2) is 0 Å². The second-order valence-electron chi connectivity index (χ2n) is 7.77. The summed E-state index contributed by atoms with van der Waals surface area (Å²) in [4.78, 5) is 17.2. The summed E-state index contributed by atoms with van der Waals surface area (Å²) in [6.45, 7) is 4.22. The Kier molecular flexibility index (Phi) is 6.74. The summed E-state index contributed by atoms with van der Waals surface area (Å²) in [5, 5.41) is 12.4. The van der Waals surface area contributed by atoms with Crippen LogP contribution in [0.25, 0.3) is 10.8 Å². The topological polar surface area (TPSA) is 53.0 Å². The van der Waals surface area contributed by atoms with Gasteiger partial charge in [-0.05, 0) is 22.4 Å². The van der Waals surface area contributed by atoms with Gasteiger partial charge in [0.2, 0.25) is 0 Å². The minimum atomic E-state index is -0.533. The van der Waals surface area contributed by atoms with Crippen LogP contribution >= 0.6 is 0 Å². The largest absolute Gasteiger partial charge is 0.389 e. The molecular weight excluding hydrogens is 376 g/mol. The fourth-order valence-corrected chi connectivity index (χ4v) is 3.95. The molecule has 0 radical (unpaired) electrons. The van der Waals surface area contributed by atoms with Crippen LogP contribution in [-0.4, -0.2) is 66.2 Å². The molecule has 1 aliphatic rings.